The summed E-state index contributed by atoms with van der Waals surface area (Å²) in [4.78, 5) is 4.35. The van der Waals surface area contributed by atoms with Crippen molar-refractivity contribution in [2.24, 2.45) is 0 Å². The lowest BCUT2D eigenvalue weighted by molar-refractivity contribution is -0.0498. The van der Waals surface area contributed by atoms with E-state index in [2.05, 4.69) is 25.2 Å². The maximum atomic E-state index is 12.5. The molecule has 0 aliphatic rings. The van der Waals surface area contributed by atoms with Gasteiger partial charge in [-0.1, -0.05) is 12.1 Å². The Morgan fingerprint density at radius 3 is 2.77 bits per heavy atom. The van der Waals surface area contributed by atoms with Crippen LogP contribution in [0.5, 0.6) is 11.6 Å². The van der Waals surface area contributed by atoms with E-state index in [0.29, 0.717) is 36.0 Å². The summed E-state index contributed by atoms with van der Waals surface area (Å²) >= 11 is 0. The third-order valence-electron chi connectivity index (χ3n) is 3.60. The van der Waals surface area contributed by atoms with E-state index in [9.17, 15) is 8.78 Å². The summed E-state index contributed by atoms with van der Waals surface area (Å²) in [7, 11) is 0. The minimum Gasteiger partial charge on any atom is -0.478 e. The van der Waals surface area contributed by atoms with Gasteiger partial charge in [0.2, 0.25) is 5.88 Å². The standard InChI is InChI=1S/C17H17F2N5O2/c1-3-25-16-15(13-5-4-6-14(8-13)26-17(18)19)7-12(9-20-16)10-24-11(2)21-22-23-24/h4-9,17H,3,10H2,1-2H3. The van der Waals surface area contributed by atoms with Gasteiger partial charge in [-0.2, -0.15) is 8.78 Å². The van der Waals surface area contributed by atoms with Gasteiger partial charge in [-0.05, 0) is 53.6 Å². The Morgan fingerprint density at radius 1 is 1.23 bits per heavy atom. The first kappa shape index (κ1) is 17.7. The number of ether oxygens (including phenoxy) is 2. The zero-order valence-corrected chi connectivity index (χ0v) is 14.3. The Bertz CT molecular complexity index is 885. The third kappa shape index (κ3) is 4.11. The predicted octanol–water partition coefficient (Wildman–Crippen LogP) is 3.09. The molecule has 3 aromatic rings. The number of aromatic nitrogens is 5. The first-order valence-corrected chi connectivity index (χ1v) is 7.96. The first-order valence-electron chi connectivity index (χ1n) is 7.96. The molecule has 0 amide bonds. The van der Waals surface area contributed by atoms with E-state index < -0.39 is 6.61 Å². The highest BCUT2D eigenvalue weighted by Crippen LogP contribution is 2.32. The molecule has 9 heteroatoms. The van der Waals surface area contributed by atoms with Crippen LogP contribution in [0.4, 0.5) is 8.78 Å². The smallest absolute Gasteiger partial charge is 0.387 e. The molecule has 0 bridgehead atoms. The number of halogens is 2. The highest BCUT2D eigenvalue weighted by molar-refractivity contribution is 5.70. The van der Waals surface area contributed by atoms with E-state index in [0.717, 1.165) is 5.56 Å². The van der Waals surface area contributed by atoms with E-state index in [1.807, 2.05) is 13.0 Å². The molecule has 0 saturated heterocycles. The first-order chi connectivity index (χ1) is 12.6. The molecule has 136 valence electrons. The Hall–Kier alpha value is -3.10. The monoisotopic (exact) mass is 361 g/mol. The van der Waals surface area contributed by atoms with Crippen molar-refractivity contribution in [3.05, 3.63) is 47.9 Å². The summed E-state index contributed by atoms with van der Waals surface area (Å²) in [5, 5.41) is 11.4. The molecule has 0 fully saturated rings. The summed E-state index contributed by atoms with van der Waals surface area (Å²) in [6, 6.07) is 8.29. The van der Waals surface area contributed by atoms with Crippen LogP contribution in [-0.4, -0.2) is 38.4 Å². The third-order valence-corrected chi connectivity index (χ3v) is 3.60. The molecule has 0 spiro atoms. The van der Waals surface area contributed by atoms with Crippen LogP contribution in [0.3, 0.4) is 0 Å². The van der Waals surface area contributed by atoms with Gasteiger partial charge >= 0.3 is 6.61 Å². The van der Waals surface area contributed by atoms with Crippen LogP contribution in [0.25, 0.3) is 11.1 Å². The lowest BCUT2D eigenvalue weighted by atomic mass is 10.0. The fraction of sp³-hybridized carbons (Fsp3) is 0.294. The van der Waals surface area contributed by atoms with Gasteiger partial charge in [-0.25, -0.2) is 9.67 Å². The van der Waals surface area contributed by atoms with Crippen LogP contribution in [0.2, 0.25) is 0 Å². The van der Waals surface area contributed by atoms with E-state index in [4.69, 9.17) is 4.74 Å². The van der Waals surface area contributed by atoms with Crippen LogP contribution in [0.1, 0.15) is 18.3 Å². The molecule has 0 unspecified atom stereocenters. The Kier molecular flexibility index (Phi) is 5.35. The van der Waals surface area contributed by atoms with Gasteiger partial charge in [-0.15, -0.1) is 5.10 Å². The number of hydrogen-bond acceptors (Lipinski definition) is 6. The van der Waals surface area contributed by atoms with Crippen LogP contribution in [0, 0.1) is 6.92 Å². The minimum atomic E-state index is -2.89. The number of benzene rings is 1. The molecule has 1 aromatic carbocycles. The lowest BCUT2D eigenvalue weighted by Gasteiger charge is -2.13. The molecule has 26 heavy (non-hydrogen) atoms. The molecule has 0 saturated carbocycles. The molecule has 2 heterocycles. The number of aryl methyl sites for hydroxylation is 1. The molecule has 0 radical (unpaired) electrons. The second-order valence-electron chi connectivity index (χ2n) is 5.42. The zero-order chi connectivity index (χ0) is 18.5. The number of rotatable bonds is 7. The summed E-state index contributed by atoms with van der Waals surface area (Å²) in [5.41, 5.74) is 2.18. The summed E-state index contributed by atoms with van der Waals surface area (Å²) in [6.45, 7) is 1.62. The number of tetrazole rings is 1. The summed E-state index contributed by atoms with van der Waals surface area (Å²) < 4.78 is 36.7. The molecule has 0 N–H and O–H groups in total. The van der Waals surface area contributed by atoms with Crippen molar-refractivity contribution in [3.8, 4) is 22.8 Å². The fourth-order valence-electron chi connectivity index (χ4n) is 2.45. The zero-order valence-electron chi connectivity index (χ0n) is 14.3. The molecule has 0 atom stereocenters. The van der Waals surface area contributed by atoms with Crippen molar-refractivity contribution in [1.29, 1.82) is 0 Å². The van der Waals surface area contributed by atoms with Crippen molar-refractivity contribution in [2.45, 2.75) is 27.0 Å². The second kappa shape index (κ2) is 7.85. The topological polar surface area (TPSA) is 75.0 Å². The second-order valence-corrected chi connectivity index (χ2v) is 5.42. The SMILES string of the molecule is CCOc1ncc(Cn2nnnc2C)cc1-c1cccc(OC(F)F)c1. The Labute approximate surface area is 148 Å². The van der Waals surface area contributed by atoms with Crippen molar-refractivity contribution < 1.29 is 18.3 Å². The van der Waals surface area contributed by atoms with E-state index in [1.54, 1.807) is 29.9 Å². The molecule has 0 aliphatic carbocycles. The van der Waals surface area contributed by atoms with Gasteiger partial charge in [0, 0.05) is 11.8 Å². The number of pyridine rings is 1. The molecule has 2 aromatic heterocycles. The van der Waals surface area contributed by atoms with Gasteiger partial charge < -0.3 is 9.47 Å². The van der Waals surface area contributed by atoms with Crippen molar-refractivity contribution in [3.63, 3.8) is 0 Å². The molecular formula is C17H17F2N5O2. The highest BCUT2D eigenvalue weighted by atomic mass is 19.3. The highest BCUT2D eigenvalue weighted by Gasteiger charge is 2.13. The Balaban J connectivity index is 1.98. The molecule has 3 rings (SSSR count). The minimum absolute atomic E-state index is 0.0710. The van der Waals surface area contributed by atoms with Crippen molar-refractivity contribution in [1.82, 2.24) is 25.2 Å². The van der Waals surface area contributed by atoms with Crippen LogP contribution in [0.15, 0.2) is 36.5 Å². The largest absolute Gasteiger partial charge is 0.478 e. The van der Waals surface area contributed by atoms with E-state index in [-0.39, 0.29) is 5.75 Å². The maximum Gasteiger partial charge on any atom is 0.387 e. The normalized spacial score (nSPS) is 11.0. The average Bonchev–Trinajstić information content (AvgIpc) is 3.01. The number of alkyl halides is 2. The average molecular weight is 361 g/mol. The Morgan fingerprint density at radius 2 is 2.08 bits per heavy atom. The fourth-order valence-corrected chi connectivity index (χ4v) is 2.45. The molecule has 0 aliphatic heterocycles. The number of hydrogen-bond donors (Lipinski definition) is 0. The quantitative estimate of drug-likeness (QED) is 0.644. The van der Waals surface area contributed by atoms with Crippen molar-refractivity contribution >= 4 is 0 Å². The lowest BCUT2D eigenvalue weighted by Crippen LogP contribution is -2.06. The van der Waals surface area contributed by atoms with Gasteiger partial charge in [0.15, 0.2) is 0 Å². The summed E-state index contributed by atoms with van der Waals surface area (Å²) in [6.07, 6.45) is 1.68. The van der Waals surface area contributed by atoms with Gasteiger partial charge in [0.25, 0.3) is 0 Å². The molecular weight excluding hydrogens is 344 g/mol. The maximum absolute atomic E-state index is 12.5. The van der Waals surface area contributed by atoms with Crippen LogP contribution >= 0.6 is 0 Å². The number of nitrogens with zero attached hydrogens (tertiary/aromatic N) is 5. The van der Waals surface area contributed by atoms with Gasteiger partial charge in [0.1, 0.15) is 11.6 Å². The van der Waals surface area contributed by atoms with E-state index in [1.165, 1.54) is 12.1 Å². The van der Waals surface area contributed by atoms with Crippen molar-refractivity contribution in [2.75, 3.05) is 6.61 Å². The van der Waals surface area contributed by atoms with E-state index >= 15 is 0 Å². The van der Waals surface area contributed by atoms with Gasteiger partial charge in [-0.3, -0.25) is 0 Å². The summed E-state index contributed by atoms with van der Waals surface area (Å²) in [5.74, 6) is 1.16. The molecule has 7 nitrogen and oxygen atoms in total. The van der Waals surface area contributed by atoms with Gasteiger partial charge in [0.05, 0.1) is 13.2 Å². The predicted molar refractivity (Wildman–Crippen MR) is 89.1 cm³/mol. The van der Waals surface area contributed by atoms with Crippen LogP contribution in [-0.2, 0) is 6.54 Å². The van der Waals surface area contributed by atoms with Crippen LogP contribution < -0.4 is 9.47 Å².